The summed E-state index contributed by atoms with van der Waals surface area (Å²) < 4.78 is 0. The number of guanidine groups is 1. The van der Waals surface area contributed by atoms with E-state index in [0.29, 0.717) is 0 Å². The second-order valence-electron chi connectivity index (χ2n) is 6.56. The Labute approximate surface area is 188 Å². The van der Waals surface area contributed by atoms with Gasteiger partial charge in [-0.2, -0.15) is 0 Å². The third-order valence-corrected chi connectivity index (χ3v) is 5.06. The molecule has 8 heteroatoms. The Bertz CT molecular complexity index is 775. The molecule has 0 unspecified atom stereocenters. The summed E-state index contributed by atoms with van der Waals surface area (Å²) in [6.07, 6.45) is 2.82. The summed E-state index contributed by atoms with van der Waals surface area (Å²) in [5.41, 5.74) is 2.94. The lowest BCUT2D eigenvalue weighted by Crippen LogP contribution is -2.38. The van der Waals surface area contributed by atoms with Crippen molar-refractivity contribution in [1.29, 1.82) is 0 Å². The van der Waals surface area contributed by atoms with E-state index in [1.165, 1.54) is 5.01 Å². The first-order valence-corrected chi connectivity index (χ1v) is 10.0. The van der Waals surface area contributed by atoms with E-state index >= 15 is 0 Å². The van der Waals surface area contributed by atoms with E-state index in [1.807, 2.05) is 31.2 Å². The third kappa shape index (κ3) is 8.14. The maximum absolute atomic E-state index is 12.1. The molecule has 2 rings (SSSR count). The van der Waals surface area contributed by atoms with Crippen LogP contribution in [0.2, 0.25) is 0 Å². The molecule has 0 radical (unpaired) electrons. The third-order valence-electron chi connectivity index (χ3n) is 4.04. The molecule has 6 nitrogen and oxygen atoms in total. The van der Waals surface area contributed by atoms with Crippen molar-refractivity contribution in [3.8, 4) is 0 Å². The second-order valence-corrected chi connectivity index (χ2v) is 7.50. The van der Waals surface area contributed by atoms with Crippen molar-refractivity contribution in [2.24, 2.45) is 4.99 Å². The normalized spacial score (nSPS) is 10.9. The number of amides is 1. The predicted octanol–water partition coefficient (Wildman–Crippen LogP) is 3.11. The average Bonchev–Trinajstić information content (AvgIpc) is 3.08. The molecular formula is C20H30IN5OS. The molecule has 2 aromatic rings. The lowest BCUT2D eigenvalue weighted by molar-refractivity contribution is 0.0827. The van der Waals surface area contributed by atoms with E-state index in [2.05, 4.69) is 26.0 Å². The van der Waals surface area contributed by atoms with E-state index in [1.54, 1.807) is 37.4 Å². The van der Waals surface area contributed by atoms with Crippen molar-refractivity contribution >= 4 is 47.2 Å². The van der Waals surface area contributed by atoms with Gasteiger partial charge in [0.15, 0.2) is 5.96 Å². The molecule has 1 amide bonds. The Hall–Kier alpha value is -1.68. The molecule has 0 spiro atoms. The molecule has 154 valence electrons. The van der Waals surface area contributed by atoms with Gasteiger partial charge in [0.1, 0.15) is 0 Å². The predicted molar refractivity (Wildman–Crippen MR) is 128 cm³/mol. The highest BCUT2D eigenvalue weighted by atomic mass is 127. The lowest BCUT2D eigenvalue weighted by Gasteiger charge is -2.13. The molecule has 0 bridgehead atoms. The molecular weight excluding hydrogens is 485 g/mol. The van der Waals surface area contributed by atoms with Gasteiger partial charge in [0.25, 0.3) is 5.91 Å². The van der Waals surface area contributed by atoms with Crippen LogP contribution in [0.4, 0.5) is 0 Å². The lowest BCUT2D eigenvalue weighted by atomic mass is 10.1. The van der Waals surface area contributed by atoms with Crippen LogP contribution in [0.5, 0.6) is 0 Å². The zero-order valence-corrected chi connectivity index (χ0v) is 20.1. The molecule has 0 saturated heterocycles. The monoisotopic (exact) mass is 515 g/mol. The minimum Gasteiger partial charge on any atom is -0.356 e. The largest absolute Gasteiger partial charge is 0.356 e. The number of hydrogen-bond acceptors (Lipinski definition) is 4. The number of benzene rings is 1. The standard InChI is InChI=1S/C20H29N5OS.HI/c1-15-14-27-18(24-15)9-6-11-22-20(21-2)23-12-10-16-7-5-8-17(13-16)19(26)25(3)4;/h5,7-8,13-14H,6,9-12H2,1-4H3,(H2,21,22,23);1H. The highest BCUT2D eigenvalue weighted by molar-refractivity contribution is 14.0. The Morgan fingerprint density at radius 3 is 2.61 bits per heavy atom. The Morgan fingerprint density at radius 2 is 1.96 bits per heavy atom. The summed E-state index contributed by atoms with van der Waals surface area (Å²) >= 11 is 1.72. The first kappa shape index (κ1) is 24.4. The van der Waals surface area contributed by atoms with Gasteiger partial charge >= 0.3 is 0 Å². The number of aliphatic imine (C=N–C) groups is 1. The van der Waals surface area contributed by atoms with Crippen LogP contribution < -0.4 is 10.6 Å². The van der Waals surface area contributed by atoms with Crippen LogP contribution in [-0.4, -0.2) is 56.0 Å². The van der Waals surface area contributed by atoms with Gasteiger partial charge in [0, 0.05) is 57.3 Å². The molecule has 1 aromatic carbocycles. The van der Waals surface area contributed by atoms with Crippen molar-refractivity contribution < 1.29 is 4.79 Å². The first-order valence-electron chi connectivity index (χ1n) is 9.15. The van der Waals surface area contributed by atoms with Gasteiger partial charge in [-0.3, -0.25) is 9.79 Å². The van der Waals surface area contributed by atoms with Crippen LogP contribution in [0, 0.1) is 6.92 Å². The molecule has 0 fully saturated rings. The van der Waals surface area contributed by atoms with E-state index in [4.69, 9.17) is 0 Å². The molecule has 28 heavy (non-hydrogen) atoms. The molecule has 0 saturated carbocycles. The number of halogens is 1. The summed E-state index contributed by atoms with van der Waals surface area (Å²) in [5.74, 6) is 0.823. The van der Waals surface area contributed by atoms with Gasteiger partial charge in [-0.05, 0) is 37.5 Å². The minimum absolute atomic E-state index is 0. The Morgan fingerprint density at radius 1 is 1.21 bits per heavy atom. The van der Waals surface area contributed by atoms with E-state index in [9.17, 15) is 4.79 Å². The van der Waals surface area contributed by atoms with Gasteiger partial charge in [0.05, 0.1) is 5.01 Å². The fourth-order valence-electron chi connectivity index (χ4n) is 2.63. The molecule has 1 heterocycles. The molecule has 1 aromatic heterocycles. The van der Waals surface area contributed by atoms with Crippen molar-refractivity contribution in [3.05, 3.63) is 51.5 Å². The number of nitrogens with one attached hydrogen (secondary N) is 2. The van der Waals surface area contributed by atoms with Crippen LogP contribution in [-0.2, 0) is 12.8 Å². The summed E-state index contributed by atoms with van der Waals surface area (Å²) in [6, 6.07) is 7.78. The van der Waals surface area contributed by atoms with Crippen LogP contribution in [0.25, 0.3) is 0 Å². The summed E-state index contributed by atoms with van der Waals surface area (Å²) in [4.78, 5) is 22.4. The van der Waals surface area contributed by atoms with E-state index < -0.39 is 0 Å². The Kier molecular flexibility index (Phi) is 11.1. The van der Waals surface area contributed by atoms with Crippen molar-refractivity contribution in [2.45, 2.75) is 26.2 Å². The van der Waals surface area contributed by atoms with Crippen LogP contribution in [0.3, 0.4) is 0 Å². The molecule has 0 aliphatic heterocycles. The SMILES string of the molecule is CN=C(NCCCc1nc(C)cs1)NCCc1cccc(C(=O)N(C)C)c1.I. The number of aryl methyl sites for hydroxylation is 2. The van der Waals surface area contributed by atoms with Gasteiger partial charge in [-0.1, -0.05) is 12.1 Å². The smallest absolute Gasteiger partial charge is 0.253 e. The van der Waals surface area contributed by atoms with Gasteiger partial charge < -0.3 is 15.5 Å². The average molecular weight is 515 g/mol. The summed E-state index contributed by atoms with van der Waals surface area (Å²) in [5, 5.41) is 9.93. The van der Waals surface area contributed by atoms with Crippen molar-refractivity contribution in [2.75, 3.05) is 34.2 Å². The van der Waals surface area contributed by atoms with Crippen LogP contribution in [0.15, 0.2) is 34.6 Å². The zero-order chi connectivity index (χ0) is 19.6. The van der Waals surface area contributed by atoms with E-state index in [-0.39, 0.29) is 29.9 Å². The van der Waals surface area contributed by atoms with Gasteiger partial charge in [0.2, 0.25) is 0 Å². The first-order chi connectivity index (χ1) is 13.0. The molecule has 0 aliphatic rings. The fraction of sp³-hybridized carbons (Fsp3) is 0.450. The van der Waals surface area contributed by atoms with Crippen molar-refractivity contribution in [1.82, 2.24) is 20.5 Å². The summed E-state index contributed by atoms with van der Waals surface area (Å²) in [7, 11) is 5.31. The zero-order valence-electron chi connectivity index (χ0n) is 17.0. The second kappa shape index (κ2) is 12.7. The van der Waals surface area contributed by atoms with Crippen LogP contribution >= 0.6 is 35.3 Å². The quantitative estimate of drug-likeness (QED) is 0.246. The van der Waals surface area contributed by atoms with Crippen molar-refractivity contribution in [3.63, 3.8) is 0 Å². The highest BCUT2D eigenvalue weighted by Gasteiger charge is 2.08. The van der Waals surface area contributed by atoms with Gasteiger partial charge in [-0.25, -0.2) is 4.98 Å². The number of nitrogens with zero attached hydrogens (tertiary/aromatic N) is 3. The fourth-order valence-corrected chi connectivity index (χ4v) is 3.45. The number of hydrogen-bond donors (Lipinski definition) is 2. The number of carbonyl (C=O) groups is 1. The van der Waals surface area contributed by atoms with E-state index in [0.717, 1.165) is 55.1 Å². The topological polar surface area (TPSA) is 69.6 Å². The number of aromatic nitrogens is 1. The number of carbonyl (C=O) groups excluding carboxylic acids is 1. The molecule has 0 aliphatic carbocycles. The Balaban J connectivity index is 0.00000392. The van der Waals surface area contributed by atoms with Crippen LogP contribution in [0.1, 0.15) is 33.0 Å². The number of thiazole rings is 1. The maximum Gasteiger partial charge on any atom is 0.253 e. The highest BCUT2D eigenvalue weighted by Crippen LogP contribution is 2.10. The molecule has 0 atom stereocenters. The minimum atomic E-state index is 0. The van der Waals surface area contributed by atoms with Gasteiger partial charge in [-0.15, -0.1) is 35.3 Å². The summed E-state index contributed by atoms with van der Waals surface area (Å²) in [6.45, 7) is 3.63. The number of rotatable bonds is 8. The molecule has 2 N–H and O–H groups in total. The maximum atomic E-state index is 12.1.